The van der Waals surface area contributed by atoms with Crippen LogP contribution in [0.25, 0.3) is 0 Å². The Balaban J connectivity index is 3.25. The molecule has 1 rings (SSSR count). The fourth-order valence-electron chi connectivity index (χ4n) is 1.80. The number of anilines is 1. The predicted molar refractivity (Wildman–Crippen MR) is 84.2 cm³/mol. The molecule has 0 aliphatic rings. The third-order valence-corrected chi connectivity index (χ3v) is 5.48. The van der Waals surface area contributed by atoms with Crippen molar-refractivity contribution in [2.24, 2.45) is 0 Å². The summed E-state index contributed by atoms with van der Waals surface area (Å²) in [6.07, 6.45) is 0.117. The molecule has 0 saturated heterocycles. The number of nitrogen functional groups attached to an aromatic ring is 1. The highest BCUT2D eigenvalue weighted by Crippen LogP contribution is 2.28. The number of nitriles is 1. The van der Waals surface area contributed by atoms with Crippen LogP contribution in [0.1, 0.15) is 12.0 Å². The first-order valence-electron chi connectivity index (χ1n) is 6.26. The summed E-state index contributed by atoms with van der Waals surface area (Å²) in [5.74, 6) is 0. The molecule has 0 bridgehead atoms. The molecule has 0 radical (unpaired) electrons. The lowest BCUT2D eigenvalue weighted by Crippen LogP contribution is -2.35. The molecule has 6 nitrogen and oxygen atoms in total. The average molecular weight is 376 g/mol. The Morgan fingerprint density at radius 3 is 2.67 bits per heavy atom. The zero-order valence-corrected chi connectivity index (χ0v) is 14.4. The first-order valence-corrected chi connectivity index (χ1v) is 8.49. The van der Waals surface area contributed by atoms with E-state index < -0.39 is 10.0 Å². The minimum atomic E-state index is -3.73. The maximum absolute atomic E-state index is 12.8. The van der Waals surface area contributed by atoms with Crippen molar-refractivity contribution in [1.82, 2.24) is 4.31 Å². The summed E-state index contributed by atoms with van der Waals surface area (Å²) in [6, 6.07) is 5.13. The van der Waals surface area contributed by atoms with Gasteiger partial charge < -0.3 is 10.5 Å². The molecular weight excluding hydrogens is 358 g/mol. The molecule has 0 aromatic heterocycles. The van der Waals surface area contributed by atoms with Gasteiger partial charge in [0.05, 0.1) is 17.6 Å². The van der Waals surface area contributed by atoms with Gasteiger partial charge in [-0.1, -0.05) is 15.9 Å². The molecule has 0 spiro atoms. The van der Waals surface area contributed by atoms with E-state index in [1.54, 1.807) is 13.0 Å². The summed E-state index contributed by atoms with van der Waals surface area (Å²) >= 11 is 3.25. The van der Waals surface area contributed by atoms with Crippen LogP contribution in [0.15, 0.2) is 21.5 Å². The Morgan fingerprint density at radius 2 is 2.10 bits per heavy atom. The first kappa shape index (κ1) is 17.9. The fraction of sp³-hybridized carbons (Fsp3) is 0.462. The molecule has 0 unspecified atom stereocenters. The van der Waals surface area contributed by atoms with E-state index in [2.05, 4.69) is 15.9 Å². The lowest BCUT2D eigenvalue weighted by atomic mass is 10.2. The van der Waals surface area contributed by atoms with Crippen LogP contribution in [0.5, 0.6) is 0 Å². The monoisotopic (exact) mass is 375 g/mol. The van der Waals surface area contributed by atoms with Crippen LogP contribution in [0.3, 0.4) is 0 Å². The van der Waals surface area contributed by atoms with Crippen molar-refractivity contribution in [2.75, 3.05) is 32.5 Å². The maximum atomic E-state index is 12.8. The number of nitrogens with two attached hydrogens (primary N) is 1. The molecule has 1 aromatic rings. The van der Waals surface area contributed by atoms with Crippen molar-refractivity contribution in [3.8, 4) is 6.07 Å². The van der Waals surface area contributed by atoms with Gasteiger partial charge in [0.2, 0.25) is 10.0 Å². The molecule has 0 fully saturated rings. The molecule has 0 aliphatic heterocycles. The van der Waals surface area contributed by atoms with Gasteiger partial charge in [0.1, 0.15) is 0 Å². The zero-order chi connectivity index (χ0) is 16.0. The Kier molecular flexibility index (Phi) is 6.61. The number of hydrogen-bond acceptors (Lipinski definition) is 5. The van der Waals surface area contributed by atoms with Crippen LogP contribution in [-0.4, -0.2) is 39.5 Å². The van der Waals surface area contributed by atoms with Gasteiger partial charge in [-0.25, -0.2) is 8.42 Å². The Bertz CT molecular complexity index is 641. The van der Waals surface area contributed by atoms with Crippen molar-refractivity contribution in [2.45, 2.75) is 18.2 Å². The first-order chi connectivity index (χ1) is 9.84. The zero-order valence-electron chi connectivity index (χ0n) is 12.0. The molecule has 0 amide bonds. The number of rotatable bonds is 7. The second-order valence-corrected chi connectivity index (χ2v) is 7.25. The van der Waals surface area contributed by atoms with E-state index in [1.165, 1.54) is 17.5 Å². The van der Waals surface area contributed by atoms with Crippen LogP contribution >= 0.6 is 15.9 Å². The van der Waals surface area contributed by atoms with Crippen molar-refractivity contribution in [1.29, 1.82) is 5.26 Å². The summed E-state index contributed by atoms with van der Waals surface area (Å²) in [4.78, 5) is 0.142. The number of sulfonamides is 1. The number of hydrogen-bond donors (Lipinski definition) is 1. The lowest BCUT2D eigenvalue weighted by molar-refractivity contribution is 0.179. The highest BCUT2D eigenvalue weighted by Gasteiger charge is 2.26. The fourth-order valence-corrected chi connectivity index (χ4v) is 4.13. The normalized spacial score (nSPS) is 11.6. The average Bonchev–Trinajstić information content (AvgIpc) is 2.42. The predicted octanol–water partition coefficient (Wildman–Crippen LogP) is 1.89. The molecule has 116 valence electrons. The van der Waals surface area contributed by atoms with E-state index in [1.807, 2.05) is 6.07 Å². The summed E-state index contributed by atoms with van der Waals surface area (Å²) in [5.41, 5.74) is 6.72. The lowest BCUT2D eigenvalue weighted by Gasteiger charge is -2.22. The van der Waals surface area contributed by atoms with Gasteiger partial charge in [0, 0.05) is 36.8 Å². The van der Waals surface area contributed by atoms with E-state index in [0.29, 0.717) is 15.7 Å². The SMILES string of the molecule is COCCN(CCC#N)S(=O)(=O)c1cc(Br)cc(N)c1C. The summed E-state index contributed by atoms with van der Waals surface area (Å²) in [7, 11) is -2.23. The maximum Gasteiger partial charge on any atom is 0.243 e. The van der Waals surface area contributed by atoms with E-state index in [0.717, 1.165) is 0 Å². The van der Waals surface area contributed by atoms with Crippen LogP contribution in [-0.2, 0) is 14.8 Å². The summed E-state index contributed by atoms with van der Waals surface area (Å²) in [5, 5.41) is 8.69. The highest BCUT2D eigenvalue weighted by molar-refractivity contribution is 9.10. The topological polar surface area (TPSA) is 96.4 Å². The second kappa shape index (κ2) is 7.75. The van der Waals surface area contributed by atoms with Crippen molar-refractivity contribution >= 4 is 31.6 Å². The minimum Gasteiger partial charge on any atom is -0.398 e. The molecule has 21 heavy (non-hydrogen) atoms. The van der Waals surface area contributed by atoms with Gasteiger partial charge in [-0.05, 0) is 24.6 Å². The minimum absolute atomic E-state index is 0.117. The molecule has 0 heterocycles. The standard InChI is InChI=1S/C13H18BrN3O3S/c1-10-12(16)8-11(14)9-13(10)21(18,19)17(5-3-4-15)6-7-20-2/h8-9H,3,5-7,16H2,1-2H3. The molecule has 0 atom stereocenters. The Labute approximate surface area is 133 Å². The van der Waals surface area contributed by atoms with Crippen LogP contribution in [0.4, 0.5) is 5.69 Å². The Hall–Kier alpha value is -1.14. The molecule has 8 heteroatoms. The molecular formula is C13H18BrN3O3S. The van der Waals surface area contributed by atoms with E-state index >= 15 is 0 Å². The van der Waals surface area contributed by atoms with E-state index in [-0.39, 0.29) is 31.0 Å². The van der Waals surface area contributed by atoms with Gasteiger partial charge in [0.15, 0.2) is 0 Å². The summed E-state index contributed by atoms with van der Waals surface area (Å²) < 4.78 is 32.3. The largest absolute Gasteiger partial charge is 0.398 e. The van der Waals surface area contributed by atoms with Crippen molar-refractivity contribution in [3.63, 3.8) is 0 Å². The Morgan fingerprint density at radius 1 is 1.43 bits per heavy atom. The highest BCUT2D eigenvalue weighted by atomic mass is 79.9. The van der Waals surface area contributed by atoms with Crippen LogP contribution < -0.4 is 5.73 Å². The number of benzene rings is 1. The smallest absolute Gasteiger partial charge is 0.243 e. The molecule has 2 N–H and O–H groups in total. The van der Waals surface area contributed by atoms with Gasteiger partial charge in [-0.3, -0.25) is 0 Å². The van der Waals surface area contributed by atoms with Gasteiger partial charge in [0.25, 0.3) is 0 Å². The van der Waals surface area contributed by atoms with Crippen molar-refractivity contribution in [3.05, 3.63) is 22.2 Å². The van der Waals surface area contributed by atoms with Crippen LogP contribution in [0.2, 0.25) is 0 Å². The third kappa shape index (κ3) is 4.41. The van der Waals surface area contributed by atoms with Gasteiger partial charge in [-0.2, -0.15) is 9.57 Å². The summed E-state index contributed by atoms with van der Waals surface area (Å²) in [6.45, 7) is 2.22. The molecule has 0 saturated carbocycles. The van der Waals surface area contributed by atoms with Crippen molar-refractivity contribution < 1.29 is 13.2 Å². The number of nitrogens with zero attached hydrogens (tertiary/aromatic N) is 2. The number of methoxy groups -OCH3 is 1. The van der Waals surface area contributed by atoms with Gasteiger partial charge >= 0.3 is 0 Å². The van der Waals surface area contributed by atoms with Gasteiger partial charge in [-0.15, -0.1) is 0 Å². The van der Waals surface area contributed by atoms with E-state index in [9.17, 15) is 8.42 Å². The number of ether oxygens (including phenoxy) is 1. The number of halogens is 1. The quantitative estimate of drug-likeness (QED) is 0.733. The molecule has 1 aromatic carbocycles. The van der Waals surface area contributed by atoms with Crippen LogP contribution in [0, 0.1) is 18.3 Å². The second-order valence-electron chi connectivity index (χ2n) is 4.42. The molecule has 0 aliphatic carbocycles. The third-order valence-electron chi connectivity index (χ3n) is 3.00. The van der Waals surface area contributed by atoms with E-state index in [4.69, 9.17) is 15.7 Å².